The molecule has 120 valence electrons. The van der Waals surface area contributed by atoms with Crippen molar-refractivity contribution in [3.8, 4) is 17.2 Å². The van der Waals surface area contributed by atoms with Crippen LogP contribution in [0.5, 0.6) is 17.2 Å². The van der Waals surface area contributed by atoms with Crippen LogP contribution in [-0.4, -0.2) is 34.7 Å². The average molecular weight is 313 g/mol. The summed E-state index contributed by atoms with van der Waals surface area (Å²) in [6, 6.07) is 10.5. The number of aromatic hydroxyl groups is 2. The van der Waals surface area contributed by atoms with E-state index in [-0.39, 0.29) is 23.3 Å². The quantitative estimate of drug-likeness (QED) is 0.894. The summed E-state index contributed by atoms with van der Waals surface area (Å²) in [4.78, 5) is 13.6. The standard InChI is InChI=1S/C18H19NO4/c1-11(20)19-9-13-7-17(22)18(23-2)8-15(13)16(10-19)12-3-5-14(21)6-4-12/h3-8,16,21-22H,9-10H2,1-2H3/t16-/m0/s1. The van der Waals surface area contributed by atoms with E-state index in [2.05, 4.69) is 0 Å². The van der Waals surface area contributed by atoms with Crippen LogP contribution in [0.25, 0.3) is 0 Å². The molecule has 0 aliphatic carbocycles. The molecule has 5 heteroatoms. The molecule has 0 fully saturated rings. The van der Waals surface area contributed by atoms with Gasteiger partial charge < -0.3 is 19.8 Å². The first-order valence-corrected chi connectivity index (χ1v) is 7.43. The molecule has 0 aromatic heterocycles. The molecule has 1 amide bonds. The van der Waals surface area contributed by atoms with Crippen LogP contribution in [-0.2, 0) is 11.3 Å². The number of carbonyl (C=O) groups excluding carboxylic acids is 1. The molecular weight excluding hydrogens is 294 g/mol. The highest BCUT2D eigenvalue weighted by atomic mass is 16.5. The molecular formula is C18H19NO4. The van der Waals surface area contributed by atoms with E-state index in [0.717, 1.165) is 16.7 Å². The van der Waals surface area contributed by atoms with Crippen molar-refractivity contribution in [2.75, 3.05) is 13.7 Å². The lowest BCUT2D eigenvalue weighted by molar-refractivity contribution is -0.129. The first-order valence-electron chi connectivity index (χ1n) is 7.43. The Morgan fingerprint density at radius 1 is 1.22 bits per heavy atom. The number of hydrogen-bond acceptors (Lipinski definition) is 4. The Labute approximate surface area is 134 Å². The molecule has 0 radical (unpaired) electrons. The van der Waals surface area contributed by atoms with E-state index in [9.17, 15) is 15.0 Å². The van der Waals surface area contributed by atoms with Crippen molar-refractivity contribution in [3.05, 3.63) is 53.1 Å². The van der Waals surface area contributed by atoms with Crippen molar-refractivity contribution in [2.45, 2.75) is 19.4 Å². The maximum absolute atomic E-state index is 11.8. The molecule has 1 atom stereocenters. The van der Waals surface area contributed by atoms with Crippen LogP contribution in [0.15, 0.2) is 36.4 Å². The maximum atomic E-state index is 11.8. The van der Waals surface area contributed by atoms with Gasteiger partial charge in [0.15, 0.2) is 11.5 Å². The Bertz CT molecular complexity index is 739. The molecule has 23 heavy (non-hydrogen) atoms. The molecule has 1 heterocycles. The summed E-state index contributed by atoms with van der Waals surface area (Å²) < 4.78 is 5.22. The van der Waals surface area contributed by atoms with E-state index in [1.807, 2.05) is 18.2 Å². The summed E-state index contributed by atoms with van der Waals surface area (Å²) in [7, 11) is 1.52. The van der Waals surface area contributed by atoms with Crippen molar-refractivity contribution >= 4 is 5.91 Å². The first-order chi connectivity index (χ1) is 11.0. The van der Waals surface area contributed by atoms with E-state index in [4.69, 9.17) is 4.74 Å². The number of amides is 1. The smallest absolute Gasteiger partial charge is 0.219 e. The summed E-state index contributed by atoms with van der Waals surface area (Å²) in [6.07, 6.45) is 0. The van der Waals surface area contributed by atoms with E-state index < -0.39 is 0 Å². The zero-order valence-corrected chi connectivity index (χ0v) is 13.1. The minimum absolute atomic E-state index is 0.00487. The molecule has 0 saturated heterocycles. The average Bonchev–Trinajstić information content (AvgIpc) is 2.53. The third-order valence-corrected chi connectivity index (χ3v) is 4.32. The van der Waals surface area contributed by atoms with Gasteiger partial charge in [-0.15, -0.1) is 0 Å². The molecule has 1 aliphatic heterocycles. The number of carbonyl (C=O) groups is 1. The number of fused-ring (bicyclic) bond motifs is 1. The fourth-order valence-electron chi connectivity index (χ4n) is 3.07. The highest BCUT2D eigenvalue weighted by Gasteiger charge is 2.29. The molecule has 3 rings (SSSR count). The molecule has 0 unspecified atom stereocenters. The predicted octanol–water partition coefficient (Wildman–Crippen LogP) is 2.60. The molecule has 0 saturated carbocycles. The molecule has 0 spiro atoms. The largest absolute Gasteiger partial charge is 0.508 e. The second kappa shape index (κ2) is 5.83. The Hall–Kier alpha value is -2.69. The van der Waals surface area contributed by atoms with Gasteiger partial charge in [-0.3, -0.25) is 4.79 Å². The van der Waals surface area contributed by atoms with Gasteiger partial charge in [0.25, 0.3) is 0 Å². The van der Waals surface area contributed by atoms with Crippen LogP contribution >= 0.6 is 0 Å². The molecule has 2 N–H and O–H groups in total. The minimum Gasteiger partial charge on any atom is -0.508 e. The summed E-state index contributed by atoms with van der Waals surface area (Å²) >= 11 is 0. The fourth-order valence-corrected chi connectivity index (χ4v) is 3.07. The second-order valence-corrected chi connectivity index (χ2v) is 5.77. The van der Waals surface area contributed by atoms with Crippen LogP contribution in [0.4, 0.5) is 0 Å². The van der Waals surface area contributed by atoms with Gasteiger partial charge in [-0.1, -0.05) is 12.1 Å². The lowest BCUT2D eigenvalue weighted by Gasteiger charge is -2.35. The highest BCUT2D eigenvalue weighted by molar-refractivity contribution is 5.74. The lowest BCUT2D eigenvalue weighted by atomic mass is 9.84. The second-order valence-electron chi connectivity index (χ2n) is 5.77. The van der Waals surface area contributed by atoms with Crippen LogP contribution in [0.2, 0.25) is 0 Å². The number of ether oxygens (including phenoxy) is 1. The van der Waals surface area contributed by atoms with Crippen molar-refractivity contribution in [2.24, 2.45) is 0 Å². The van der Waals surface area contributed by atoms with E-state index in [1.54, 1.807) is 30.0 Å². The number of benzene rings is 2. The van der Waals surface area contributed by atoms with Gasteiger partial charge in [-0.25, -0.2) is 0 Å². The van der Waals surface area contributed by atoms with E-state index >= 15 is 0 Å². The van der Waals surface area contributed by atoms with Crippen LogP contribution < -0.4 is 4.74 Å². The zero-order valence-electron chi connectivity index (χ0n) is 13.1. The minimum atomic E-state index is -0.0299. The lowest BCUT2D eigenvalue weighted by Crippen LogP contribution is -2.37. The number of rotatable bonds is 2. The van der Waals surface area contributed by atoms with Crippen LogP contribution in [0.3, 0.4) is 0 Å². The van der Waals surface area contributed by atoms with Crippen LogP contribution in [0.1, 0.15) is 29.5 Å². The highest BCUT2D eigenvalue weighted by Crippen LogP contribution is 2.39. The number of hydrogen-bond donors (Lipinski definition) is 2. The SMILES string of the molecule is COc1cc2c(cc1O)CN(C(C)=O)C[C@H]2c1ccc(O)cc1. The first kappa shape index (κ1) is 15.2. The number of nitrogens with zero attached hydrogens (tertiary/aromatic N) is 1. The Morgan fingerprint density at radius 2 is 1.91 bits per heavy atom. The molecule has 5 nitrogen and oxygen atoms in total. The van der Waals surface area contributed by atoms with Gasteiger partial charge in [0, 0.05) is 25.9 Å². The summed E-state index contributed by atoms with van der Waals surface area (Å²) in [5, 5.41) is 19.5. The Morgan fingerprint density at radius 3 is 2.52 bits per heavy atom. The Balaban J connectivity index is 2.11. The van der Waals surface area contributed by atoms with E-state index in [0.29, 0.717) is 18.8 Å². The molecule has 2 aromatic rings. The van der Waals surface area contributed by atoms with Crippen molar-refractivity contribution in [1.29, 1.82) is 0 Å². The van der Waals surface area contributed by atoms with Crippen molar-refractivity contribution < 1.29 is 19.7 Å². The van der Waals surface area contributed by atoms with Gasteiger partial charge in [0.05, 0.1) is 7.11 Å². The van der Waals surface area contributed by atoms with Crippen molar-refractivity contribution in [3.63, 3.8) is 0 Å². The number of phenolic OH excluding ortho intramolecular Hbond substituents is 2. The van der Waals surface area contributed by atoms with Gasteiger partial charge in [0.2, 0.25) is 5.91 Å². The van der Waals surface area contributed by atoms with E-state index in [1.165, 1.54) is 7.11 Å². The van der Waals surface area contributed by atoms with Gasteiger partial charge in [-0.05, 0) is 41.0 Å². The molecule has 0 bridgehead atoms. The summed E-state index contributed by atoms with van der Waals surface area (Å²) in [6.45, 7) is 2.57. The predicted molar refractivity (Wildman–Crippen MR) is 85.7 cm³/mol. The fraction of sp³-hybridized carbons (Fsp3) is 0.278. The third kappa shape index (κ3) is 2.82. The maximum Gasteiger partial charge on any atom is 0.219 e. The number of methoxy groups -OCH3 is 1. The van der Waals surface area contributed by atoms with Gasteiger partial charge in [0.1, 0.15) is 5.75 Å². The van der Waals surface area contributed by atoms with Gasteiger partial charge >= 0.3 is 0 Å². The topological polar surface area (TPSA) is 70.0 Å². The molecule has 1 aliphatic rings. The monoisotopic (exact) mass is 313 g/mol. The summed E-state index contributed by atoms with van der Waals surface area (Å²) in [5.41, 5.74) is 2.94. The number of phenols is 2. The zero-order chi connectivity index (χ0) is 16.6. The normalized spacial score (nSPS) is 16.8. The molecule has 2 aromatic carbocycles. The third-order valence-electron chi connectivity index (χ3n) is 4.32. The van der Waals surface area contributed by atoms with Crippen molar-refractivity contribution in [1.82, 2.24) is 4.90 Å². The van der Waals surface area contributed by atoms with Gasteiger partial charge in [-0.2, -0.15) is 0 Å². The van der Waals surface area contributed by atoms with Crippen LogP contribution in [0, 0.1) is 0 Å². The Kier molecular flexibility index (Phi) is 3.86. The summed E-state index contributed by atoms with van der Waals surface area (Å²) in [5.74, 6) is 0.661.